The van der Waals surface area contributed by atoms with Crippen molar-refractivity contribution in [3.05, 3.63) is 23.3 Å². The van der Waals surface area contributed by atoms with Crippen molar-refractivity contribution >= 4 is 5.97 Å². The zero-order valence-corrected chi connectivity index (χ0v) is 12.9. The lowest BCUT2D eigenvalue weighted by molar-refractivity contribution is -0.0778. The van der Waals surface area contributed by atoms with Crippen molar-refractivity contribution in [3.8, 4) is 11.5 Å². The minimum Gasteiger partial charge on any atom is -0.455 e. The van der Waals surface area contributed by atoms with Crippen LogP contribution in [0.25, 0.3) is 0 Å². The van der Waals surface area contributed by atoms with Crippen LogP contribution in [0.15, 0.2) is 12.1 Å². The van der Waals surface area contributed by atoms with Gasteiger partial charge in [0.15, 0.2) is 11.5 Å². The average molecular weight is 317 g/mol. The van der Waals surface area contributed by atoms with Crippen molar-refractivity contribution < 1.29 is 24.1 Å². The molecule has 5 atom stereocenters. The highest BCUT2D eigenvalue weighted by Crippen LogP contribution is 2.50. The van der Waals surface area contributed by atoms with E-state index < -0.39 is 12.2 Å². The smallest absolute Gasteiger partial charge is 0.338 e. The molecule has 6 heteroatoms. The van der Waals surface area contributed by atoms with Gasteiger partial charge in [0.05, 0.1) is 11.7 Å². The van der Waals surface area contributed by atoms with Gasteiger partial charge in [0, 0.05) is 12.0 Å². The average Bonchev–Trinajstić information content (AvgIpc) is 3.13. The summed E-state index contributed by atoms with van der Waals surface area (Å²) in [4.78, 5) is 14.8. The van der Waals surface area contributed by atoms with Gasteiger partial charge in [0.1, 0.15) is 6.10 Å². The van der Waals surface area contributed by atoms with Crippen LogP contribution in [0.1, 0.15) is 34.7 Å². The molecule has 0 spiro atoms. The monoisotopic (exact) mass is 317 g/mol. The van der Waals surface area contributed by atoms with Gasteiger partial charge in [-0.3, -0.25) is 0 Å². The third kappa shape index (κ3) is 1.79. The maximum Gasteiger partial charge on any atom is 0.338 e. The summed E-state index contributed by atoms with van der Waals surface area (Å²) in [5.41, 5.74) is 1.47. The van der Waals surface area contributed by atoms with Gasteiger partial charge >= 0.3 is 5.97 Å². The summed E-state index contributed by atoms with van der Waals surface area (Å²) in [6.07, 6.45) is 0.700. The number of carbonyl (C=O) groups excluding carboxylic acids is 1. The van der Waals surface area contributed by atoms with Crippen LogP contribution in [0, 0.1) is 5.92 Å². The lowest BCUT2D eigenvalue weighted by Gasteiger charge is -2.47. The molecule has 1 aromatic rings. The molecular weight excluding hydrogens is 298 g/mol. The van der Waals surface area contributed by atoms with Gasteiger partial charge < -0.3 is 24.2 Å². The number of nitrogens with zero attached hydrogens (tertiary/aromatic N) is 1. The van der Waals surface area contributed by atoms with E-state index in [0.29, 0.717) is 29.4 Å². The molecule has 1 aromatic carbocycles. The van der Waals surface area contributed by atoms with Gasteiger partial charge in [-0.2, -0.15) is 0 Å². The van der Waals surface area contributed by atoms with Crippen molar-refractivity contribution in [3.63, 3.8) is 0 Å². The number of aliphatic hydroxyl groups is 1. The molecule has 3 aliphatic heterocycles. The molecule has 0 bridgehead atoms. The molecule has 4 aliphatic rings. The Morgan fingerprint density at radius 3 is 2.87 bits per heavy atom. The van der Waals surface area contributed by atoms with Crippen molar-refractivity contribution in [2.75, 3.05) is 20.4 Å². The largest absolute Gasteiger partial charge is 0.455 e. The molecule has 1 saturated carbocycles. The second-order valence-electron chi connectivity index (χ2n) is 7.01. The highest BCUT2D eigenvalue weighted by atomic mass is 16.7. The molecule has 23 heavy (non-hydrogen) atoms. The van der Waals surface area contributed by atoms with Crippen LogP contribution in [0.2, 0.25) is 0 Å². The van der Waals surface area contributed by atoms with Gasteiger partial charge in [-0.15, -0.1) is 0 Å². The van der Waals surface area contributed by atoms with E-state index in [4.69, 9.17) is 14.2 Å². The first kappa shape index (κ1) is 13.6. The van der Waals surface area contributed by atoms with Crippen LogP contribution in [0.5, 0.6) is 11.5 Å². The molecule has 0 aromatic heterocycles. The van der Waals surface area contributed by atoms with E-state index in [1.165, 1.54) is 0 Å². The predicted molar refractivity (Wildman–Crippen MR) is 79.7 cm³/mol. The number of carbonyl (C=O) groups is 1. The summed E-state index contributed by atoms with van der Waals surface area (Å²) in [5, 5.41) is 10.5. The Morgan fingerprint density at radius 1 is 1.26 bits per heavy atom. The standard InChI is InChI=1S/C17H19NO5/c1-18-3-2-8-4-11(19)16-14(15(8)18)9-5-12-13(22-7-21-12)6-10(9)17(20)23-16/h5-6,8,11,14-16,19H,2-4,7H2,1H3/t8-,11+,14+,15-,16+/m0/s1. The van der Waals surface area contributed by atoms with Gasteiger partial charge in [0.25, 0.3) is 0 Å². The summed E-state index contributed by atoms with van der Waals surface area (Å²) in [7, 11) is 2.11. The van der Waals surface area contributed by atoms with Crippen LogP contribution in [-0.4, -0.2) is 54.6 Å². The van der Waals surface area contributed by atoms with E-state index in [1.54, 1.807) is 6.07 Å². The third-order valence-corrected chi connectivity index (χ3v) is 5.86. The fraction of sp³-hybridized carbons (Fsp3) is 0.588. The fourth-order valence-corrected chi connectivity index (χ4v) is 4.86. The van der Waals surface area contributed by atoms with Gasteiger partial charge in [-0.1, -0.05) is 0 Å². The number of likely N-dealkylation sites (N-methyl/N-ethyl adjacent to an activating group) is 1. The number of likely N-dealkylation sites (tertiary alicyclic amines) is 1. The minimum absolute atomic E-state index is 0.0153. The maximum atomic E-state index is 12.4. The van der Waals surface area contributed by atoms with Crippen molar-refractivity contribution in [2.24, 2.45) is 5.92 Å². The molecule has 1 aliphatic carbocycles. The molecule has 0 unspecified atom stereocenters. The van der Waals surface area contributed by atoms with Crippen molar-refractivity contribution in [1.29, 1.82) is 0 Å². The van der Waals surface area contributed by atoms with Crippen LogP contribution in [0.3, 0.4) is 0 Å². The summed E-state index contributed by atoms with van der Waals surface area (Å²) in [6.45, 7) is 1.19. The summed E-state index contributed by atoms with van der Waals surface area (Å²) in [6, 6.07) is 3.92. The normalized spacial score (nSPS) is 37.8. The number of ether oxygens (including phenoxy) is 3. The second kappa shape index (κ2) is 4.61. The topological polar surface area (TPSA) is 68.2 Å². The van der Waals surface area contributed by atoms with E-state index in [2.05, 4.69) is 11.9 Å². The first-order valence-electron chi connectivity index (χ1n) is 8.16. The van der Waals surface area contributed by atoms with E-state index in [1.807, 2.05) is 6.07 Å². The SMILES string of the molecule is CN1CC[C@H]2C[C@@H](O)[C@H]3OC(=O)c4cc5c(cc4[C@@H]3[C@H]21)OCO5. The van der Waals surface area contributed by atoms with Crippen molar-refractivity contribution in [1.82, 2.24) is 4.90 Å². The molecular formula is C17H19NO5. The Balaban J connectivity index is 1.68. The quantitative estimate of drug-likeness (QED) is 0.723. The number of hydrogen-bond acceptors (Lipinski definition) is 6. The summed E-state index contributed by atoms with van der Waals surface area (Å²) in [5.74, 6) is 1.31. The number of fused-ring (bicyclic) bond motifs is 6. The predicted octanol–water partition coefficient (Wildman–Crippen LogP) is 1.12. The maximum absolute atomic E-state index is 12.4. The number of esters is 1. The highest BCUT2D eigenvalue weighted by Gasteiger charge is 2.53. The zero-order chi connectivity index (χ0) is 15.7. The number of benzene rings is 1. The van der Waals surface area contributed by atoms with Crippen molar-refractivity contribution in [2.45, 2.75) is 37.0 Å². The minimum atomic E-state index is -0.602. The summed E-state index contributed by atoms with van der Waals surface area (Å²) >= 11 is 0. The molecule has 122 valence electrons. The van der Waals surface area contributed by atoms with Crippen LogP contribution in [0.4, 0.5) is 0 Å². The lowest BCUT2D eigenvalue weighted by Crippen LogP contribution is -2.54. The van der Waals surface area contributed by atoms with Crippen LogP contribution in [-0.2, 0) is 4.74 Å². The molecule has 3 heterocycles. The van der Waals surface area contributed by atoms with E-state index in [9.17, 15) is 9.90 Å². The molecule has 0 radical (unpaired) electrons. The van der Waals surface area contributed by atoms with E-state index in [-0.39, 0.29) is 24.7 Å². The third-order valence-electron chi connectivity index (χ3n) is 5.86. The van der Waals surface area contributed by atoms with Gasteiger partial charge in [0.2, 0.25) is 6.79 Å². The number of hydrogen-bond donors (Lipinski definition) is 1. The lowest BCUT2D eigenvalue weighted by atomic mass is 9.69. The molecule has 0 amide bonds. The Morgan fingerprint density at radius 2 is 2.04 bits per heavy atom. The summed E-state index contributed by atoms with van der Waals surface area (Å²) < 4.78 is 16.5. The zero-order valence-electron chi connectivity index (χ0n) is 12.9. The second-order valence-corrected chi connectivity index (χ2v) is 7.01. The molecule has 1 saturated heterocycles. The number of aliphatic hydroxyl groups excluding tert-OH is 1. The molecule has 5 rings (SSSR count). The van der Waals surface area contributed by atoms with Crippen LogP contribution < -0.4 is 9.47 Å². The molecule has 6 nitrogen and oxygen atoms in total. The molecule has 2 fully saturated rings. The Hall–Kier alpha value is -1.79. The first-order valence-corrected chi connectivity index (χ1v) is 8.16. The van der Waals surface area contributed by atoms with E-state index in [0.717, 1.165) is 18.5 Å². The van der Waals surface area contributed by atoms with Gasteiger partial charge in [-0.25, -0.2) is 4.79 Å². The highest BCUT2D eigenvalue weighted by molar-refractivity contribution is 5.94. The Kier molecular flexibility index (Phi) is 2.73. The van der Waals surface area contributed by atoms with Crippen LogP contribution >= 0.6 is 0 Å². The van der Waals surface area contributed by atoms with Gasteiger partial charge in [-0.05, 0) is 50.0 Å². The number of rotatable bonds is 0. The van der Waals surface area contributed by atoms with E-state index >= 15 is 0 Å². The Bertz CT molecular complexity index is 690. The first-order chi connectivity index (χ1) is 11.1. The molecule has 1 N–H and O–H groups in total. The fourth-order valence-electron chi connectivity index (χ4n) is 4.86. The Labute approximate surface area is 133 Å².